The van der Waals surface area contributed by atoms with Crippen LogP contribution in [0.4, 0.5) is 0 Å². The molecule has 0 aliphatic rings. The van der Waals surface area contributed by atoms with Gasteiger partial charge < -0.3 is 4.98 Å². The highest BCUT2D eigenvalue weighted by Gasteiger charge is 2.15. The summed E-state index contributed by atoms with van der Waals surface area (Å²) in [6.07, 6.45) is 1.49. The minimum Gasteiger partial charge on any atom is -0.319 e. The van der Waals surface area contributed by atoms with E-state index in [0.29, 0.717) is 4.77 Å². The van der Waals surface area contributed by atoms with Crippen molar-refractivity contribution in [1.82, 2.24) is 15.0 Å². The molecule has 1 heterocycles. The summed E-state index contributed by atoms with van der Waals surface area (Å²) in [5.41, 5.74) is 0.0104. The Morgan fingerprint density at radius 1 is 1.36 bits per heavy atom. The minimum atomic E-state index is 0.0104. The Morgan fingerprint density at radius 3 is 2.36 bits per heavy atom. The molecule has 0 fully saturated rings. The molecule has 4 heteroatoms. The smallest absolute Gasteiger partial charge is 0.199 e. The first-order valence-corrected chi connectivity index (χ1v) is 3.83. The van der Waals surface area contributed by atoms with Gasteiger partial charge in [-0.25, -0.2) is 9.97 Å². The van der Waals surface area contributed by atoms with Crippen LogP contribution in [0.2, 0.25) is 0 Å². The Labute approximate surface area is 70.9 Å². The number of aromatic nitrogens is 3. The average molecular weight is 169 g/mol. The molecule has 11 heavy (non-hydrogen) atoms. The Hall–Kier alpha value is -0.770. The highest BCUT2D eigenvalue weighted by Crippen LogP contribution is 2.15. The van der Waals surface area contributed by atoms with Gasteiger partial charge in [-0.2, -0.15) is 0 Å². The fourth-order valence-corrected chi connectivity index (χ4v) is 0.830. The summed E-state index contributed by atoms with van der Waals surface area (Å²) < 4.78 is 0.491. The summed E-state index contributed by atoms with van der Waals surface area (Å²) in [5, 5.41) is 0. The molecule has 1 aromatic rings. The van der Waals surface area contributed by atoms with Crippen LogP contribution in [0, 0.1) is 4.77 Å². The standard InChI is InChI=1S/C7H11N3S/c1-7(2,3)5-8-4-9-6(11)10-5/h4H,1-3H3,(H,8,9,10,11). The lowest BCUT2D eigenvalue weighted by atomic mass is 9.96. The summed E-state index contributed by atoms with van der Waals surface area (Å²) in [4.78, 5) is 10.8. The molecule has 0 spiro atoms. The van der Waals surface area contributed by atoms with Gasteiger partial charge in [0, 0.05) is 5.41 Å². The predicted octanol–water partition coefficient (Wildman–Crippen LogP) is 1.83. The van der Waals surface area contributed by atoms with Crippen molar-refractivity contribution in [2.45, 2.75) is 26.2 Å². The molecule has 1 N–H and O–H groups in total. The Kier molecular flexibility index (Phi) is 2.04. The third-order valence-corrected chi connectivity index (χ3v) is 1.51. The van der Waals surface area contributed by atoms with Crippen LogP contribution in [0.25, 0.3) is 0 Å². The van der Waals surface area contributed by atoms with Gasteiger partial charge in [0.25, 0.3) is 0 Å². The van der Waals surface area contributed by atoms with E-state index in [9.17, 15) is 0 Å². The largest absolute Gasteiger partial charge is 0.319 e. The first-order chi connectivity index (χ1) is 5.00. The highest BCUT2D eigenvalue weighted by molar-refractivity contribution is 7.71. The molecular formula is C7H11N3S. The van der Waals surface area contributed by atoms with Crippen LogP contribution in [-0.2, 0) is 5.41 Å². The van der Waals surface area contributed by atoms with Crippen molar-refractivity contribution in [1.29, 1.82) is 0 Å². The molecule has 3 nitrogen and oxygen atoms in total. The van der Waals surface area contributed by atoms with Crippen molar-refractivity contribution in [2.75, 3.05) is 0 Å². The quantitative estimate of drug-likeness (QED) is 0.602. The van der Waals surface area contributed by atoms with E-state index in [-0.39, 0.29) is 5.41 Å². The van der Waals surface area contributed by atoms with Crippen molar-refractivity contribution < 1.29 is 0 Å². The number of aromatic amines is 1. The number of hydrogen-bond acceptors (Lipinski definition) is 3. The van der Waals surface area contributed by atoms with Gasteiger partial charge in [-0.05, 0) is 12.2 Å². The lowest BCUT2D eigenvalue weighted by Crippen LogP contribution is -2.16. The number of hydrogen-bond donors (Lipinski definition) is 1. The molecule has 0 amide bonds. The first kappa shape index (κ1) is 8.33. The molecule has 0 aliphatic carbocycles. The molecule has 1 rings (SSSR count). The van der Waals surface area contributed by atoms with Gasteiger partial charge in [-0.1, -0.05) is 20.8 Å². The van der Waals surface area contributed by atoms with Crippen molar-refractivity contribution in [3.05, 3.63) is 16.9 Å². The van der Waals surface area contributed by atoms with Gasteiger partial charge >= 0.3 is 0 Å². The van der Waals surface area contributed by atoms with E-state index >= 15 is 0 Å². The van der Waals surface area contributed by atoms with Crippen molar-refractivity contribution in [3.63, 3.8) is 0 Å². The Morgan fingerprint density at radius 2 is 2.00 bits per heavy atom. The van der Waals surface area contributed by atoms with Gasteiger partial charge in [0.1, 0.15) is 12.2 Å². The van der Waals surface area contributed by atoms with Gasteiger partial charge in [-0.3, -0.25) is 0 Å². The molecule has 0 saturated heterocycles. The zero-order valence-electron chi connectivity index (χ0n) is 6.88. The van der Waals surface area contributed by atoms with Gasteiger partial charge in [0.2, 0.25) is 0 Å². The fraction of sp³-hybridized carbons (Fsp3) is 0.571. The molecule has 0 bridgehead atoms. The second kappa shape index (κ2) is 2.70. The normalized spacial score (nSPS) is 11.5. The van der Waals surface area contributed by atoms with Crippen LogP contribution in [0.15, 0.2) is 6.33 Å². The molecule has 1 aromatic heterocycles. The first-order valence-electron chi connectivity index (χ1n) is 3.42. The van der Waals surface area contributed by atoms with Crippen molar-refractivity contribution in [2.24, 2.45) is 0 Å². The SMILES string of the molecule is CC(C)(C)c1ncnc(=S)[nH]1. The number of rotatable bonds is 0. The third kappa shape index (κ3) is 2.08. The molecule has 0 aliphatic heterocycles. The molecule has 0 aromatic carbocycles. The van der Waals surface area contributed by atoms with Gasteiger partial charge in [0.15, 0.2) is 4.77 Å². The zero-order valence-corrected chi connectivity index (χ0v) is 7.70. The summed E-state index contributed by atoms with van der Waals surface area (Å²) in [5.74, 6) is 0.873. The maximum absolute atomic E-state index is 4.86. The second-order valence-electron chi connectivity index (χ2n) is 3.40. The van der Waals surface area contributed by atoms with Crippen LogP contribution in [-0.4, -0.2) is 15.0 Å². The zero-order chi connectivity index (χ0) is 8.48. The van der Waals surface area contributed by atoms with E-state index in [1.54, 1.807) is 0 Å². The average Bonchev–Trinajstić information content (AvgIpc) is 1.86. The van der Waals surface area contributed by atoms with E-state index in [1.165, 1.54) is 6.33 Å². The monoisotopic (exact) mass is 169 g/mol. The Bertz CT molecular complexity index is 297. The summed E-state index contributed by atoms with van der Waals surface area (Å²) >= 11 is 4.86. The van der Waals surface area contributed by atoms with Crippen LogP contribution >= 0.6 is 12.2 Å². The molecule has 0 radical (unpaired) electrons. The predicted molar refractivity (Wildman–Crippen MR) is 45.9 cm³/mol. The van der Waals surface area contributed by atoms with Crippen molar-refractivity contribution >= 4 is 12.2 Å². The molecule has 0 saturated carbocycles. The maximum Gasteiger partial charge on any atom is 0.199 e. The fourth-order valence-electron chi connectivity index (χ4n) is 0.686. The summed E-state index contributed by atoms with van der Waals surface area (Å²) in [6.45, 7) is 6.21. The van der Waals surface area contributed by atoms with E-state index in [0.717, 1.165) is 5.82 Å². The topological polar surface area (TPSA) is 41.6 Å². The molecular weight excluding hydrogens is 158 g/mol. The van der Waals surface area contributed by atoms with E-state index in [1.807, 2.05) is 0 Å². The highest BCUT2D eigenvalue weighted by atomic mass is 32.1. The Balaban J connectivity index is 3.16. The lowest BCUT2D eigenvalue weighted by molar-refractivity contribution is 0.540. The third-order valence-electron chi connectivity index (χ3n) is 1.30. The van der Waals surface area contributed by atoms with Crippen LogP contribution in [0.5, 0.6) is 0 Å². The van der Waals surface area contributed by atoms with E-state index < -0.39 is 0 Å². The second-order valence-corrected chi connectivity index (χ2v) is 3.79. The van der Waals surface area contributed by atoms with Crippen LogP contribution < -0.4 is 0 Å². The molecule has 60 valence electrons. The summed E-state index contributed by atoms with van der Waals surface area (Å²) in [7, 11) is 0. The van der Waals surface area contributed by atoms with Gasteiger partial charge in [0.05, 0.1) is 0 Å². The molecule has 0 unspecified atom stereocenters. The number of nitrogens with one attached hydrogen (secondary N) is 1. The van der Waals surface area contributed by atoms with Crippen LogP contribution in [0.3, 0.4) is 0 Å². The minimum absolute atomic E-state index is 0.0104. The van der Waals surface area contributed by atoms with E-state index in [2.05, 4.69) is 35.7 Å². The summed E-state index contributed by atoms with van der Waals surface area (Å²) in [6, 6.07) is 0. The van der Waals surface area contributed by atoms with Gasteiger partial charge in [-0.15, -0.1) is 0 Å². The molecule has 0 atom stereocenters. The number of H-pyrrole nitrogens is 1. The maximum atomic E-state index is 4.86. The van der Waals surface area contributed by atoms with E-state index in [4.69, 9.17) is 12.2 Å². The van der Waals surface area contributed by atoms with Crippen molar-refractivity contribution in [3.8, 4) is 0 Å². The lowest BCUT2D eigenvalue weighted by Gasteiger charge is -2.15. The number of nitrogens with zero attached hydrogens (tertiary/aromatic N) is 2. The van der Waals surface area contributed by atoms with Crippen LogP contribution in [0.1, 0.15) is 26.6 Å².